The van der Waals surface area contributed by atoms with Gasteiger partial charge in [0, 0.05) is 33.2 Å². The highest BCUT2D eigenvalue weighted by Crippen LogP contribution is 2.50. The average Bonchev–Trinajstić information content (AvgIpc) is 1.64. The van der Waals surface area contributed by atoms with Crippen LogP contribution in [-0.2, 0) is 193 Å². The Morgan fingerprint density at radius 3 is 1.23 bits per heavy atom. The number of hydrogen-bond donors (Lipinski definition) is 4. The van der Waals surface area contributed by atoms with E-state index in [9.17, 15) is 19.2 Å². The molecule has 4 N–H and O–H groups in total. The zero-order valence-corrected chi connectivity index (χ0v) is 76.0. The van der Waals surface area contributed by atoms with Gasteiger partial charge in [0.2, 0.25) is 17.7 Å². The minimum Gasteiger partial charge on any atom is -0.445 e. The number of carbonyl (C=O) groups excluding carboxylic acids is 4. The Bertz CT molecular complexity index is 3890. The van der Waals surface area contributed by atoms with E-state index in [0.717, 1.165) is 5.56 Å². The van der Waals surface area contributed by atoms with Crippen LogP contribution in [0.5, 0.6) is 0 Å². The summed E-state index contributed by atoms with van der Waals surface area (Å²) in [5.41, 5.74) is -1.37. The Labute approximate surface area is 756 Å². The molecular formula is C85H133N13O32. The summed E-state index contributed by atoms with van der Waals surface area (Å²) in [6.45, 7) is 24.1. The molecule has 12 heterocycles. The number of rotatable bonds is 65. The Morgan fingerprint density at radius 2 is 0.808 bits per heavy atom. The first-order valence-electron chi connectivity index (χ1n) is 45.0. The van der Waals surface area contributed by atoms with Gasteiger partial charge in [-0.1, -0.05) is 52.4 Å². The molecule has 1 aromatic carbocycles. The molecule has 0 aliphatic carbocycles. The minimum atomic E-state index is -1.30. The second-order valence-electron chi connectivity index (χ2n) is 34.7. The number of carbonyl (C=O) groups is 4. The van der Waals surface area contributed by atoms with Crippen LogP contribution in [0, 0.1) is 0 Å². The summed E-state index contributed by atoms with van der Waals surface area (Å²) in [6.07, 6.45) is 3.19. The zero-order valence-electron chi connectivity index (χ0n) is 76.0. The fourth-order valence-corrected chi connectivity index (χ4v) is 16.6. The van der Waals surface area contributed by atoms with Crippen molar-refractivity contribution in [3.8, 4) is 0 Å². The molecule has 730 valence electrons. The van der Waals surface area contributed by atoms with E-state index in [1.807, 2.05) is 71.9 Å². The molecule has 0 unspecified atom stereocenters. The second kappa shape index (κ2) is 49.6. The third-order valence-corrected chi connectivity index (χ3v) is 22.4. The highest BCUT2D eigenvalue weighted by atomic mass is 16.8. The molecule has 9 fully saturated rings. The lowest BCUT2D eigenvalue weighted by atomic mass is 9.88. The standard InChI is InChI=1S/C85H133N13O32/c1-60(99)87-69-71-74(127-80(5,6)124-71)84(58-120-76(69)129-84)55-113-41-38-110-35-32-107-29-26-104-23-20-97-45-64(91-94-97)49-116-52-82(89-67(101)17-13-10-14-18-86-78(102)118-47-62-15-11-9-12-16-62,51-115-48-63-44-96(93-90-63)19-22-103-25-28-106-31-34-109-37-40-112-54-83-57-119-68(123-83)43-66-73(83)126-79(3,4)122-66)53-117-50-65-46-98(95-92-65)21-24-105-27-30-108-33-36-111-39-42-114-56-85-59-121-77(130-85)70(88-61(2)100)72-75(85)128-81(7,8)125-72/h9,11-12,15-16,44-46,66,68-77H,10,13-14,17-43,47-59H2,1-8H3,(H,86,102)(H,87,99)(H,88,100)(H,89,101)/t66-,68+,69-,70-,71-,72-,73-,74-,75-,76+,77+,83+,84+,85+/m1/s1. The van der Waals surface area contributed by atoms with Crippen molar-refractivity contribution in [2.45, 2.75) is 241 Å². The van der Waals surface area contributed by atoms with Crippen molar-refractivity contribution in [1.82, 2.24) is 66.2 Å². The third kappa shape index (κ3) is 30.4. The number of fused-ring (bicyclic) bond motifs is 12. The molecule has 130 heavy (non-hydrogen) atoms. The highest BCUT2D eigenvalue weighted by Gasteiger charge is 2.68. The van der Waals surface area contributed by atoms with E-state index in [4.69, 9.17) is 133 Å². The number of nitrogens with zero attached hydrogens (tertiary/aromatic N) is 9. The molecule has 0 radical (unpaired) electrons. The van der Waals surface area contributed by atoms with Crippen LogP contribution < -0.4 is 21.3 Å². The Balaban J connectivity index is 0.535. The molecule has 14 atom stereocenters. The maximum absolute atomic E-state index is 14.3. The topological polar surface area (TPSA) is 467 Å². The van der Waals surface area contributed by atoms with E-state index in [0.29, 0.717) is 221 Å². The summed E-state index contributed by atoms with van der Waals surface area (Å²) < 4.78 is 173. The van der Waals surface area contributed by atoms with Crippen LogP contribution in [0.15, 0.2) is 48.9 Å². The molecule has 0 spiro atoms. The van der Waals surface area contributed by atoms with E-state index >= 15 is 0 Å². The van der Waals surface area contributed by atoms with Crippen molar-refractivity contribution in [3.05, 3.63) is 71.6 Å². The summed E-state index contributed by atoms with van der Waals surface area (Å²) in [6, 6.07) is 8.37. The first-order valence-corrected chi connectivity index (χ1v) is 45.0. The molecule has 9 aliphatic heterocycles. The van der Waals surface area contributed by atoms with Crippen LogP contribution in [0.25, 0.3) is 0 Å². The van der Waals surface area contributed by atoms with Crippen LogP contribution in [0.3, 0.4) is 0 Å². The summed E-state index contributed by atoms with van der Waals surface area (Å²) in [4.78, 5) is 50.8. The number of aromatic nitrogens is 9. The number of ether oxygens (including phenoxy) is 28. The van der Waals surface area contributed by atoms with Gasteiger partial charge >= 0.3 is 6.09 Å². The zero-order chi connectivity index (χ0) is 91.1. The first kappa shape index (κ1) is 101. The number of unbranched alkanes of at least 4 members (excludes halogenated alkanes) is 2. The van der Waals surface area contributed by atoms with Gasteiger partial charge in [0.15, 0.2) is 36.2 Å². The van der Waals surface area contributed by atoms with E-state index in [1.165, 1.54) is 13.8 Å². The Morgan fingerprint density at radius 1 is 0.423 bits per heavy atom. The van der Waals surface area contributed by atoms with Crippen LogP contribution in [0.1, 0.15) is 110 Å². The molecule has 0 saturated carbocycles. The van der Waals surface area contributed by atoms with Crippen molar-refractivity contribution in [3.63, 3.8) is 0 Å². The van der Waals surface area contributed by atoms with Gasteiger partial charge in [0.05, 0.1) is 262 Å². The lowest BCUT2D eigenvalue weighted by Crippen LogP contribution is -2.65. The summed E-state index contributed by atoms with van der Waals surface area (Å²) in [7, 11) is 0. The van der Waals surface area contributed by atoms with Crippen molar-refractivity contribution < 1.29 is 152 Å². The smallest absolute Gasteiger partial charge is 0.407 e. The van der Waals surface area contributed by atoms with Crippen molar-refractivity contribution in [2.75, 3.05) is 205 Å². The van der Waals surface area contributed by atoms with Crippen LogP contribution in [0.2, 0.25) is 0 Å². The van der Waals surface area contributed by atoms with Gasteiger partial charge in [-0.25, -0.2) is 18.8 Å². The van der Waals surface area contributed by atoms with Gasteiger partial charge in [-0.15, -0.1) is 15.3 Å². The number of nitrogens with one attached hydrogen (secondary N) is 4. The molecule has 45 heteroatoms. The normalized spacial score (nSPS) is 27.4. The molecule has 4 amide bonds. The van der Waals surface area contributed by atoms with Crippen molar-refractivity contribution in [1.29, 1.82) is 0 Å². The van der Waals surface area contributed by atoms with Crippen molar-refractivity contribution >= 4 is 23.8 Å². The second-order valence-corrected chi connectivity index (χ2v) is 34.7. The van der Waals surface area contributed by atoms with E-state index in [2.05, 4.69) is 52.2 Å². The maximum atomic E-state index is 14.3. The van der Waals surface area contributed by atoms with Crippen LogP contribution in [0.4, 0.5) is 4.79 Å². The molecule has 45 nitrogen and oxygen atoms in total. The predicted octanol–water partition coefficient (Wildman–Crippen LogP) is 1.29. The predicted molar refractivity (Wildman–Crippen MR) is 445 cm³/mol. The van der Waals surface area contributed by atoms with E-state index < -0.39 is 94.9 Å². The Kier molecular flexibility index (Phi) is 38.5. The van der Waals surface area contributed by atoms with Gasteiger partial charge < -0.3 is 154 Å². The number of amides is 4. The monoisotopic (exact) mass is 1850 g/mol. The van der Waals surface area contributed by atoms with Crippen LogP contribution in [-0.4, -0.2) is 381 Å². The fourth-order valence-electron chi connectivity index (χ4n) is 16.6. The molecule has 9 aliphatic rings. The third-order valence-electron chi connectivity index (χ3n) is 22.4. The van der Waals surface area contributed by atoms with E-state index in [-0.39, 0.29) is 115 Å². The molecule has 9 saturated heterocycles. The van der Waals surface area contributed by atoms with Gasteiger partial charge in [-0.2, -0.15) is 0 Å². The molecule has 6 bridgehead atoms. The summed E-state index contributed by atoms with van der Waals surface area (Å²) in [5.74, 6) is -3.17. The lowest BCUT2D eigenvalue weighted by Gasteiger charge is -2.42. The van der Waals surface area contributed by atoms with Crippen molar-refractivity contribution in [2.24, 2.45) is 0 Å². The number of hydrogen-bond acceptors (Lipinski definition) is 38. The summed E-state index contributed by atoms with van der Waals surface area (Å²) in [5, 5.41) is 37.8. The maximum Gasteiger partial charge on any atom is 0.407 e. The van der Waals surface area contributed by atoms with Gasteiger partial charge in [0.25, 0.3) is 0 Å². The molecular weight excluding hydrogens is 1710 g/mol. The fraction of sp³-hybridized carbons (Fsp3) is 0.812. The number of benzene rings is 1. The first-order chi connectivity index (χ1) is 62.9. The van der Waals surface area contributed by atoms with E-state index in [1.54, 1.807) is 32.6 Å². The number of alkyl carbamates (subject to hydrolysis) is 1. The lowest BCUT2D eigenvalue weighted by molar-refractivity contribution is -0.214. The summed E-state index contributed by atoms with van der Waals surface area (Å²) >= 11 is 0. The van der Waals surface area contributed by atoms with Crippen LogP contribution >= 0.6 is 0 Å². The minimum absolute atomic E-state index is 0.00724. The average molecular weight is 1850 g/mol. The molecule has 4 aromatic rings. The quantitative estimate of drug-likeness (QED) is 0.0452. The SMILES string of the molecule is CC(=O)N[C@H]1[C@H]2OC[C@](COCCOCCOCCOCCn3cc(COCC(COCc4cn(CCOCCOCCOCCOC[C@@]56CO[C@@H](O5)[C@H](NC(C)=O)[C@H]5OC(C)(C)O[C@H]56)nn4)(COCc4cn(CCOCCOCCOCCOC[C@]56CO[C@H](C[C@H]7OC(C)(C)O[C@H]75)O6)nn4)NC(=O)CCCCCNC(=O)OCc4ccccc4)nn3)(O2)[C@@H]2OC(C)(C)O[C@H]12. The molecule has 13 rings (SSSR count). The van der Waals surface area contributed by atoms with Gasteiger partial charge in [-0.05, 0) is 59.9 Å². The highest BCUT2D eigenvalue weighted by molar-refractivity contribution is 5.77. The largest absolute Gasteiger partial charge is 0.445 e. The Hall–Kier alpha value is -6.76. The van der Waals surface area contributed by atoms with Gasteiger partial charge in [0.1, 0.15) is 88.6 Å². The molecule has 3 aromatic heterocycles. The van der Waals surface area contributed by atoms with Gasteiger partial charge in [-0.3, -0.25) is 14.4 Å².